The lowest BCUT2D eigenvalue weighted by atomic mass is 10.2. The first-order valence-electron chi connectivity index (χ1n) is 5.06. The van der Waals surface area contributed by atoms with Crippen molar-refractivity contribution in [2.45, 2.75) is 13.5 Å². The molecule has 16 heavy (non-hydrogen) atoms. The zero-order chi connectivity index (χ0) is 11.8. The molecule has 1 aromatic rings. The molecular formula is C13H15NO2. The van der Waals surface area contributed by atoms with E-state index < -0.39 is 0 Å². The predicted molar refractivity (Wildman–Crippen MR) is 64.9 cm³/mol. The fourth-order valence-electron chi connectivity index (χ4n) is 1.19. The third-order valence-corrected chi connectivity index (χ3v) is 1.93. The molecule has 1 rings (SSSR count). The number of aliphatic hydroxyl groups excluding tert-OH is 1. The van der Waals surface area contributed by atoms with Crippen LogP contribution in [0.1, 0.15) is 12.5 Å². The molecule has 0 radical (unpaired) electrons. The Morgan fingerprint density at radius 3 is 2.94 bits per heavy atom. The Morgan fingerprint density at radius 1 is 1.44 bits per heavy atom. The van der Waals surface area contributed by atoms with Crippen LogP contribution < -0.4 is 5.32 Å². The Balaban J connectivity index is 2.62. The summed E-state index contributed by atoms with van der Waals surface area (Å²) < 4.78 is 0. The van der Waals surface area contributed by atoms with Crippen molar-refractivity contribution in [2.75, 3.05) is 5.32 Å². The van der Waals surface area contributed by atoms with Crippen LogP contribution in [-0.2, 0) is 11.4 Å². The van der Waals surface area contributed by atoms with Gasteiger partial charge in [0.2, 0.25) is 5.91 Å². The summed E-state index contributed by atoms with van der Waals surface area (Å²) in [4.78, 5) is 11.4. The smallest absolute Gasteiger partial charge is 0.248 e. The van der Waals surface area contributed by atoms with Gasteiger partial charge in [-0.15, -0.1) is 0 Å². The van der Waals surface area contributed by atoms with Gasteiger partial charge in [-0.3, -0.25) is 4.79 Å². The van der Waals surface area contributed by atoms with Gasteiger partial charge in [0.1, 0.15) is 0 Å². The van der Waals surface area contributed by atoms with Crippen molar-refractivity contribution < 1.29 is 9.90 Å². The van der Waals surface area contributed by atoms with E-state index in [0.717, 1.165) is 5.56 Å². The maximum absolute atomic E-state index is 11.4. The number of carbonyl (C=O) groups excluding carboxylic acids is 1. The molecule has 0 atom stereocenters. The van der Waals surface area contributed by atoms with E-state index in [1.165, 1.54) is 6.08 Å². The molecule has 0 saturated heterocycles. The molecule has 0 aromatic heterocycles. The summed E-state index contributed by atoms with van der Waals surface area (Å²) in [5.74, 6) is -0.187. The molecule has 3 nitrogen and oxygen atoms in total. The average Bonchev–Trinajstić information content (AvgIpc) is 2.29. The minimum Gasteiger partial charge on any atom is -0.392 e. The van der Waals surface area contributed by atoms with Gasteiger partial charge in [0, 0.05) is 11.8 Å². The van der Waals surface area contributed by atoms with Crippen molar-refractivity contribution in [3.05, 3.63) is 54.1 Å². The van der Waals surface area contributed by atoms with Crippen LogP contribution >= 0.6 is 0 Å². The maximum atomic E-state index is 11.4. The lowest BCUT2D eigenvalue weighted by molar-refractivity contribution is -0.111. The Hall–Kier alpha value is -1.87. The number of aliphatic hydroxyl groups is 1. The first-order valence-corrected chi connectivity index (χ1v) is 5.06. The maximum Gasteiger partial charge on any atom is 0.248 e. The molecule has 0 unspecified atom stereocenters. The predicted octanol–water partition coefficient (Wildman–Crippen LogP) is 2.25. The van der Waals surface area contributed by atoms with Crippen molar-refractivity contribution in [2.24, 2.45) is 0 Å². The van der Waals surface area contributed by atoms with Gasteiger partial charge in [-0.25, -0.2) is 0 Å². The van der Waals surface area contributed by atoms with E-state index >= 15 is 0 Å². The quantitative estimate of drug-likeness (QED) is 0.600. The second kappa shape index (κ2) is 6.58. The van der Waals surface area contributed by atoms with Gasteiger partial charge < -0.3 is 10.4 Å². The molecule has 0 spiro atoms. The topological polar surface area (TPSA) is 49.3 Å². The van der Waals surface area contributed by atoms with Gasteiger partial charge in [0.15, 0.2) is 0 Å². The van der Waals surface area contributed by atoms with Gasteiger partial charge in [0.25, 0.3) is 0 Å². The van der Waals surface area contributed by atoms with E-state index in [1.54, 1.807) is 36.4 Å². The van der Waals surface area contributed by atoms with Crippen LogP contribution in [0.25, 0.3) is 0 Å². The second-order valence-corrected chi connectivity index (χ2v) is 3.23. The lowest BCUT2D eigenvalue weighted by Gasteiger charge is -2.03. The second-order valence-electron chi connectivity index (χ2n) is 3.23. The highest BCUT2D eigenvalue weighted by Gasteiger charge is 1.97. The van der Waals surface area contributed by atoms with Crippen LogP contribution in [-0.4, -0.2) is 11.0 Å². The van der Waals surface area contributed by atoms with E-state index in [9.17, 15) is 4.79 Å². The van der Waals surface area contributed by atoms with Gasteiger partial charge >= 0.3 is 0 Å². The van der Waals surface area contributed by atoms with Crippen LogP contribution in [0, 0.1) is 0 Å². The van der Waals surface area contributed by atoms with Crippen LogP contribution in [0.4, 0.5) is 5.69 Å². The summed E-state index contributed by atoms with van der Waals surface area (Å²) in [6, 6.07) is 7.10. The summed E-state index contributed by atoms with van der Waals surface area (Å²) in [5.41, 5.74) is 1.46. The molecule has 1 amide bonds. The number of carbonyl (C=O) groups is 1. The molecule has 0 heterocycles. The first kappa shape index (κ1) is 12.2. The lowest BCUT2D eigenvalue weighted by Crippen LogP contribution is -2.07. The molecule has 1 aromatic carbocycles. The van der Waals surface area contributed by atoms with Crippen LogP contribution in [0.15, 0.2) is 48.6 Å². The monoisotopic (exact) mass is 217 g/mol. The molecule has 3 heteroatoms. The van der Waals surface area contributed by atoms with Crippen molar-refractivity contribution >= 4 is 11.6 Å². The van der Waals surface area contributed by atoms with Crippen molar-refractivity contribution in [3.63, 3.8) is 0 Å². The van der Waals surface area contributed by atoms with Gasteiger partial charge in [-0.2, -0.15) is 0 Å². The fraction of sp³-hybridized carbons (Fsp3) is 0.154. The highest BCUT2D eigenvalue weighted by molar-refractivity contribution is 5.99. The number of amides is 1. The Morgan fingerprint density at radius 2 is 2.25 bits per heavy atom. The van der Waals surface area contributed by atoms with E-state index in [0.29, 0.717) is 5.69 Å². The van der Waals surface area contributed by atoms with E-state index in [-0.39, 0.29) is 12.5 Å². The van der Waals surface area contributed by atoms with Gasteiger partial charge in [-0.1, -0.05) is 30.4 Å². The summed E-state index contributed by atoms with van der Waals surface area (Å²) in [5, 5.41) is 11.6. The molecule has 0 aliphatic heterocycles. The minimum atomic E-state index is -0.187. The zero-order valence-electron chi connectivity index (χ0n) is 9.18. The number of hydrogen-bond acceptors (Lipinski definition) is 2. The summed E-state index contributed by atoms with van der Waals surface area (Å²) in [6.45, 7) is 1.85. The minimum absolute atomic E-state index is 0.0296. The first-order chi connectivity index (χ1) is 7.76. The van der Waals surface area contributed by atoms with Crippen LogP contribution in [0.2, 0.25) is 0 Å². The molecule has 0 saturated carbocycles. The third-order valence-electron chi connectivity index (χ3n) is 1.93. The molecule has 0 aliphatic rings. The normalized spacial score (nSPS) is 11.1. The van der Waals surface area contributed by atoms with E-state index in [2.05, 4.69) is 5.32 Å². The zero-order valence-corrected chi connectivity index (χ0v) is 9.18. The molecule has 84 valence electrons. The average molecular weight is 217 g/mol. The number of nitrogens with one attached hydrogen (secondary N) is 1. The molecule has 0 aliphatic carbocycles. The molecule has 0 fully saturated rings. The third kappa shape index (κ3) is 4.11. The number of rotatable bonds is 4. The van der Waals surface area contributed by atoms with Crippen LogP contribution in [0.5, 0.6) is 0 Å². The van der Waals surface area contributed by atoms with Crippen molar-refractivity contribution in [3.8, 4) is 0 Å². The SMILES string of the molecule is C/C=C/C=C/C(=O)Nc1cccc(CO)c1. The van der Waals surface area contributed by atoms with Gasteiger partial charge in [0.05, 0.1) is 6.61 Å². The van der Waals surface area contributed by atoms with Crippen LogP contribution in [0.3, 0.4) is 0 Å². The van der Waals surface area contributed by atoms with Gasteiger partial charge in [-0.05, 0) is 24.6 Å². The number of hydrogen-bond donors (Lipinski definition) is 2. The number of anilines is 1. The summed E-state index contributed by atoms with van der Waals surface area (Å²) in [6.07, 6.45) is 6.75. The Labute approximate surface area is 95.1 Å². The Kier molecular flexibility index (Phi) is 5.02. The Bertz CT molecular complexity index is 408. The fourth-order valence-corrected chi connectivity index (χ4v) is 1.19. The van der Waals surface area contributed by atoms with E-state index in [1.807, 2.05) is 13.0 Å². The standard InChI is InChI=1S/C13H15NO2/c1-2-3-4-8-13(16)14-12-7-5-6-11(9-12)10-15/h2-9,15H,10H2,1H3,(H,14,16)/b3-2+,8-4+. The van der Waals surface area contributed by atoms with E-state index in [4.69, 9.17) is 5.11 Å². The molecule has 2 N–H and O–H groups in total. The molecular weight excluding hydrogens is 202 g/mol. The largest absolute Gasteiger partial charge is 0.392 e. The highest BCUT2D eigenvalue weighted by Crippen LogP contribution is 2.10. The number of benzene rings is 1. The highest BCUT2D eigenvalue weighted by atomic mass is 16.3. The van der Waals surface area contributed by atoms with Crippen molar-refractivity contribution in [1.29, 1.82) is 0 Å². The molecule has 0 bridgehead atoms. The number of allylic oxidation sites excluding steroid dienone is 3. The summed E-state index contributed by atoms with van der Waals surface area (Å²) >= 11 is 0. The van der Waals surface area contributed by atoms with Crippen molar-refractivity contribution in [1.82, 2.24) is 0 Å². The summed E-state index contributed by atoms with van der Waals surface area (Å²) in [7, 11) is 0.